The average Bonchev–Trinajstić information content (AvgIpc) is 2.62. The molecule has 94 valence electrons. The maximum absolute atomic E-state index is 3.78. The normalized spacial score (nSPS) is 23.4. The second-order valence-corrected chi connectivity index (χ2v) is 6.63. The van der Waals surface area contributed by atoms with Gasteiger partial charge in [0, 0.05) is 12.1 Å². The van der Waals surface area contributed by atoms with Gasteiger partial charge >= 0.3 is 0 Å². The molecule has 1 aromatic carbocycles. The van der Waals surface area contributed by atoms with Crippen LogP contribution >= 0.6 is 0 Å². The van der Waals surface area contributed by atoms with E-state index in [-0.39, 0.29) is 0 Å². The highest BCUT2D eigenvalue weighted by molar-refractivity contribution is 5.20. The highest BCUT2D eigenvalue weighted by Crippen LogP contribution is 2.62. The summed E-state index contributed by atoms with van der Waals surface area (Å²) in [5.41, 5.74) is 2.28. The Morgan fingerprint density at radius 3 is 2.06 bits per heavy atom. The van der Waals surface area contributed by atoms with E-state index in [1.165, 1.54) is 5.56 Å². The van der Waals surface area contributed by atoms with Crippen molar-refractivity contribution >= 4 is 0 Å². The van der Waals surface area contributed by atoms with E-state index < -0.39 is 0 Å². The lowest BCUT2D eigenvalue weighted by atomic mass is 10.0. The number of hydrogen-bond donors (Lipinski definition) is 1. The second-order valence-electron chi connectivity index (χ2n) is 6.63. The average molecular weight is 231 g/mol. The first-order chi connectivity index (χ1) is 7.85. The molecule has 1 aliphatic carbocycles. The van der Waals surface area contributed by atoms with Gasteiger partial charge in [-0.2, -0.15) is 0 Å². The van der Waals surface area contributed by atoms with Crippen molar-refractivity contribution in [3.8, 4) is 0 Å². The molecule has 1 unspecified atom stereocenters. The van der Waals surface area contributed by atoms with E-state index in [1.807, 2.05) is 0 Å². The predicted molar refractivity (Wildman–Crippen MR) is 74.1 cm³/mol. The molecule has 2 rings (SSSR count). The van der Waals surface area contributed by atoms with Gasteiger partial charge in [-0.15, -0.1) is 0 Å². The molecule has 1 nitrogen and oxygen atoms in total. The number of hydrogen-bond acceptors (Lipinski definition) is 1. The van der Waals surface area contributed by atoms with Crippen molar-refractivity contribution in [1.29, 1.82) is 0 Å². The second kappa shape index (κ2) is 4.13. The van der Waals surface area contributed by atoms with E-state index in [1.54, 1.807) is 0 Å². The van der Waals surface area contributed by atoms with Gasteiger partial charge in [-0.05, 0) is 29.7 Å². The summed E-state index contributed by atoms with van der Waals surface area (Å²) >= 11 is 0. The summed E-state index contributed by atoms with van der Waals surface area (Å²) in [6, 6.07) is 11.9. The molecule has 1 heteroatoms. The lowest BCUT2D eigenvalue weighted by Gasteiger charge is -2.15. The van der Waals surface area contributed by atoms with E-state index in [0.29, 0.717) is 22.9 Å². The SMILES string of the molecule is CC(Cc1ccccc1)NC1C(C)(C)C1(C)C. The minimum Gasteiger partial charge on any atom is -0.310 e. The third-order valence-electron chi connectivity index (χ3n) is 4.86. The maximum Gasteiger partial charge on any atom is 0.0183 e. The van der Waals surface area contributed by atoms with Crippen molar-refractivity contribution in [2.24, 2.45) is 10.8 Å². The first-order valence-corrected chi connectivity index (χ1v) is 6.65. The van der Waals surface area contributed by atoms with Gasteiger partial charge in [0.25, 0.3) is 0 Å². The molecule has 0 amide bonds. The topological polar surface area (TPSA) is 12.0 Å². The number of nitrogens with one attached hydrogen (secondary N) is 1. The summed E-state index contributed by atoms with van der Waals surface area (Å²) < 4.78 is 0. The lowest BCUT2D eigenvalue weighted by Crippen LogP contribution is -2.33. The Morgan fingerprint density at radius 1 is 1.06 bits per heavy atom. The van der Waals surface area contributed by atoms with E-state index in [9.17, 15) is 0 Å². The zero-order valence-corrected chi connectivity index (χ0v) is 11.7. The summed E-state index contributed by atoms with van der Waals surface area (Å²) in [5.74, 6) is 0. The maximum atomic E-state index is 3.78. The van der Waals surface area contributed by atoms with Crippen LogP contribution in [0.1, 0.15) is 40.2 Å². The standard InChI is InChI=1S/C16H25N/c1-12(11-13-9-7-6-8-10-13)17-14-15(2,3)16(14,4)5/h6-10,12,14,17H,11H2,1-5H3. The van der Waals surface area contributed by atoms with Gasteiger partial charge in [0.2, 0.25) is 0 Å². The fourth-order valence-corrected chi connectivity index (χ4v) is 2.92. The molecular weight excluding hydrogens is 206 g/mol. The van der Waals surface area contributed by atoms with Crippen molar-refractivity contribution < 1.29 is 0 Å². The molecule has 0 spiro atoms. The molecule has 0 aliphatic heterocycles. The van der Waals surface area contributed by atoms with Gasteiger partial charge in [0.1, 0.15) is 0 Å². The van der Waals surface area contributed by atoms with Gasteiger partial charge in [-0.1, -0.05) is 58.0 Å². The summed E-state index contributed by atoms with van der Waals surface area (Å²) in [4.78, 5) is 0. The Labute approximate surface area is 106 Å². The van der Waals surface area contributed by atoms with Gasteiger partial charge < -0.3 is 5.32 Å². The Morgan fingerprint density at radius 2 is 1.59 bits per heavy atom. The summed E-state index contributed by atoms with van der Waals surface area (Å²) in [5, 5.41) is 3.78. The van der Waals surface area contributed by atoms with Crippen LogP contribution in [-0.4, -0.2) is 12.1 Å². The number of rotatable bonds is 4. The Bertz CT molecular complexity index is 364. The quantitative estimate of drug-likeness (QED) is 0.834. The molecule has 1 aliphatic rings. The van der Waals surface area contributed by atoms with Crippen LogP contribution in [0.4, 0.5) is 0 Å². The first-order valence-electron chi connectivity index (χ1n) is 6.65. The van der Waals surface area contributed by atoms with Crippen molar-refractivity contribution in [2.45, 2.75) is 53.1 Å². The zero-order valence-electron chi connectivity index (χ0n) is 11.7. The van der Waals surface area contributed by atoms with Crippen LogP contribution in [0, 0.1) is 10.8 Å². The largest absolute Gasteiger partial charge is 0.310 e. The van der Waals surface area contributed by atoms with Crippen LogP contribution in [-0.2, 0) is 6.42 Å². The molecule has 0 saturated heterocycles. The van der Waals surface area contributed by atoms with Crippen LogP contribution in [0.5, 0.6) is 0 Å². The summed E-state index contributed by atoms with van der Waals surface area (Å²) in [6.45, 7) is 11.7. The molecule has 1 saturated carbocycles. The van der Waals surface area contributed by atoms with Gasteiger partial charge in [0.05, 0.1) is 0 Å². The van der Waals surface area contributed by atoms with Crippen LogP contribution in [0.15, 0.2) is 30.3 Å². The zero-order chi connectivity index (χ0) is 12.7. The first kappa shape index (κ1) is 12.6. The van der Waals surface area contributed by atoms with Gasteiger partial charge in [-0.25, -0.2) is 0 Å². The molecule has 0 bridgehead atoms. The van der Waals surface area contributed by atoms with Crippen LogP contribution < -0.4 is 5.32 Å². The highest BCUT2D eigenvalue weighted by Gasteiger charge is 2.64. The molecule has 0 aromatic heterocycles. The number of benzene rings is 1. The minimum atomic E-state index is 0.429. The van der Waals surface area contributed by atoms with Crippen molar-refractivity contribution in [1.82, 2.24) is 5.32 Å². The fourth-order valence-electron chi connectivity index (χ4n) is 2.92. The molecule has 1 fully saturated rings. The molecule has 0 radical (unpaired) electrons. The molecule has 1 atom stereocenters. The van der Waals surface area contributed by atoms with E-state index >= 15 is 0 Å². The molecule has 0 heterocycles. The van der Waals surface area contributed by atoms with Crippen LogP contribution in [0.25, 0.3) is 0 Å². The molecular formula is C16H25N. The monoisotopic (exact) mass is 231 g/mol. The summed E-state index contributed by atoms with van der Waals surface area (Å²) in [6.07, 6.45) is 1.11. The van der Waals surface area contributed by atoms with Crippen LogP contribution in [0.3, 0.4) is 0 Å². The Hall–Kier alpha value is -0.820. The minimum absolute atomic E-state index is 0.429. The smallest absolute Gasteiger partial charge is 0.0183 e. The van der Waals surface area contributed by atoms with E-state index in [4.69, 9.17) is 0 Å². The van der Waals surface area contributed by atoms with Gasteiger partial charge in [0.15, 0.2) is 0 Å². The van der Waals surface area contributed by atoms with Crippen molar-refractivity contribution in [2.75, 3.05) is 0 Å². The molecule has 1 aromatic rings. The van der Waals surface area contributed by atoms with Gasteiger partial charge in [-0.3, -0.25) is 0 Å². The lowest BCUT2D eigenvalue weighted by molar-refractivity contribution is 0.457. The molecule has 17 heavy (non-hydrogen) atoms. The third kappa shape index (κ3) is 2.26. The summed E-state index contributed by atoms with van der Waals surface area (Å²) in [7, 11) is 0. The Balaban J connectivity index is 1.90. The van der Waals surface area contributed by atoms with Crippen molar-refractivity contribution in [3.05, 3.63) is 35.9 Å². The van der Waals surface area contributed by atoms with Crippen LogP contribution in [0.2, 0.25) is 0 Å². The fraction of sp³-hybridized carbons (Fsp3) is 0.625. The Kier molecular flexibility index (Phi) is 3.07. The third-order valence-corrected chi connectivity index (χ3v) is 4.86. The van der Waals surface area contributed by atoms with E-state index in [2.05, 4.69) is 70.3 Å². The molecule has 1 N–H and O–H groups in total. The van der Waals surface area contributed by atoms with Crippen molar-refractivity contribution in [3.63, 3.8) is 0 Å². The highest BCUT2D eigenvalue weighted by atomic mass is 15.1. The van der Waals surface area contributed by atoms with E-state index in [0.717, 1.165) is 6.42 Å². The predicted octanol–water partition coefficient (Wildman–Crippen LogP) is 3.64.